The van der Waals surface area contributed by atoms with Crippen LogP contribution in [0.25, 0.3) is 0 Å². The summed E-state index contributed by atoms with van der Waals surface area (Å²) in [6.07, 6.45) is 2.98. The van der Waals surface area contributed by atoms with Gasteiger partial charge in [0.1, 0.15) is 5.78 Å². The Morgan fingerprint density at radius 2 is 1.92 bits per heavy atom. The molecule has 0 radical (unpaired) electrons. The maximum atomic E-state index is 13.4. The predicted octanol–water partition coefficient (Wildman–Crippen LogP) is 3.16. The molecular weight excluding hydrogens is 322 g/mol. The standard InChI is InChI=1S/C19H25NO3S/c1-13-10-14-6-4-5-7-16(14)20(13)24(22,23)12-19-9-8-15(11-17(19)21)18(19,2)3/h4-7,13,15H,8-12H2,1-3H3/t13-,15-,19-/m1/s1. The number of carbonyl (C=O) groups excluding carboxylic acids is 1. The van der Waals surface area contributed by atoms with Gasteiger partial charge in [0.05, 0.1) is 16.9 Å². The molecule has 1 aromatic rings. The largest absolute Gasteiger partial charge is 0.299 e. The van der Waals surface area contributed by atoms with E-state index in [0.29, 0.717) is 18.8 Å². The predicted molar refractivity (Wildman–Crippen MR) is 94.4 cm³/mol. The first-order valence-corrected chi connectivity index (χ1v) is 10.4. The van der Waals surface area contributed by atoms with Crippen molar-refractivity contribution in [2.75, 3.05) is 10.1 Å². The first-order valence-electron chi connectivity index (χ1n) is 8.82. The number of rotatable bonds is 3. The summed E-state index contributed by atoms with van der Waals surface area (Å²) in [4.78, 5) is 12.7. The minimum Gasteiger partial charge on any atom is -0.299 e. The molecule has 0 spiro atoms. The summed E-state index contributed by atoms with van der Waals surface area (Å²) in [7, 11) is -3.54. The lowest BCUT2D eigenvalue weighted by Gasteiger charge is -2.38. The van der Waals surface area contributed by atoms with Crippen molar-refractivity contribution in [2.24, 2.45) is 16.7 Å². The highest BCUT2D eigenvalue weighted by molar-refractivity contribution is 7.92. The van der Waals surface area contributed by atoms with Gasteiger partial charge in [-0.15, -0.1) is 0 Å². The molecule has 5 heteroatoms. The van der Waals surface area contributed by atoms with Gasteiger partial charge in [-0.05, 0) is 49.1 Å². The fourth-order valence-corrected chi connectivity index (χ4v) is 7.99. The second kappa shape index (κ2) is 4.84. The topological polar surface area (TPSA) is 54.5 Å². The molecule has 0 unspecified atom stereocenters. The second-order valence-corrected chi connectivity index (χ2v) is 10.2. The van der Waals surface area contributed by atoms with Crippen molar-refractivity contribution in [3.63, 3.8) is 0 Å². The molecule has 0 aromatic heterocycles. The van der Waals surface area contributed by atoms with E-state index < -0.39 is 15.4 Å². The Bertz CT molecular complexity index is 814. The van der Waals surface area contributed by atoms with Gasteiger partial charge in [-0.2, -0.15) is 0 Å². The van der Waals surface area contributed by atoms with Crippen LogP contribution in [0.15, 0.2) is 24.3 Å². The number of anilines is 1. The fourth-order valence-electron chi connectivity index (χ4n) is 5.45. The highest BCUT2D eigenvalue weighted by Crippen LogP contribution is 2.64. The summed E-state index contributed by atoms with van der Waals surface area (Å²) < 4.78 is 28.3. The van der Waals surface area contributed by atoms with Crippen LogP contribution in [0.5, 0.6) is 0 Å². The number of Topliss-reactive ketones (excluding diaryl/α,β-unsaturated/α-hetero) is 1. The quantitative estimate of drug-likeness (QED) is 0.844. The lowest BCUT2D eigenvalue weighted by molar-refractivity contribution is -0.128. The Hall–Kier alpha value is -1.36. The molecule has 0 saturated heterocycles. The molecule has 1 aliphatic heterocycles. The van der Waals surface area contributed by atoms with Crippen molar-refractivity contribution in [1.29, 1.82) is 0 Å². The number of carbonyl (C=O) groups is 1. The van der Waals surface area contributed by atoms with Crippen molar-refractivity contribution < 1.29 is 13.2 Å². The molecule has 2 saturated carbocycles. The van der Waals surface area contributed by atoms with Gasteiger partial charge in [0.2, 0.25) is 10.0 Å². The Morgan fingerprint density at radius 1 is 1.21 bits per heavy atom. The second-order valence-electron chi connectivity index (χ2n) is 8.40. The summed E-state index contributed by atoms with van der Waals surface area (Å²) in [5.41, 5.74) is 0.944. The first-order chi connectivity index (χ1) is 11.2. The third kappa shape index (κ3) is 1.91. The molecular formula is C19H25NO3S. The highest BCUT2D eigenvalue weighted by Gasteiger charge is 2.65. The lowest BCUT2D eigenvalue weighted by atomic mass is 9.70. The van der Waals surface area contributed by atoms with Gasteiger partial charge >= 0.3 is 0 Å². The molecule has 130 valence electrons. The zero-order valence-electron chi connectivity index (χ0n) is 14.6. The Balaban J connectivity index is 1.74. The van der Waals surface area contributed by atoms with Gasteiger partial charge in [0, 0.05) is 12.5 Å². The third-order valence-electron chi connectivity index (χ3n) is 7.01. The van der Waals surface area contributed by atoms with Crippen molar-refractivity contribution in [3.8, 4) is 0 Å². The zero-order chi connectivity index (χ0) is 17.3. The average Bonchev–Trinajstić information content (AvgIpc) is 3.01. The summed E-state index contributed by atoms with van der Waals surface area (Å²) in [6, 6.07) is 7.63. The molecule has 3 aliphatic rings. The van der Waals surface area contributed by atoms with E-state index in [4.69, 9.17) is 0 Å². The smallest absolute Gasteiger partial charge is 0.236 e. The minimum atomic E-state index is -3.54. The van der Waals surface area contributed by atoms with E-state index in [-0.39, 0.29) is 23.0 Å². The SMILES string of the molecule is C[C@@H]1Cc2ccccc2N1S(=O)(=O)C[C@]12CC[C@H](CC1=O)C2(C)C. The molecule has 4 nitrogen and oxygen atoms in total. The van der Waals surface area contributed by atoms with Gasteiger partial charge in [-0.1, -0.05) is 32.0 Å². The van der Waals surface area contributed by atoms with E-state index in [9.17, 15) is 13.2 Å². The van der Waals surface area contributed by atoms with Crippen LogP contribution < -0.4 is 4.31 Å². The average molecular weight is 347 g/mol. The van der Waals surface area contributed by atoms with Crippen LogP contribution in [-0.2, 0) is 21.2 Å². The molecule has 0 amide bonds. The van der Waals surface area contributed by atoms with Crippen LogP contribution in [0.3, 0.4) is 0 Å². The van der Waals surface area contributed by atoms with Crippen LogP contribution >= 0.6 is 0 Å². The van der Waals surface area contributed by atoms with Crippen molar-refractivity contribution in [1.82, 2.24) is 0 Å². The number of hydrogen-bond donors (Lipinski definition) is 0. The van der Waals surface area contributed by atoms with Crippen LogP contribution in [0.2, 0.25) is 0 Å². The minimum absolute atomic E-state index is 0.0407. The Kier molecular flexibility index (Phi) is 3.25. The molecule has 2 bridgehead atoms. The van der Waals surface area contributed by atoms with E-state index in [1.807, 2.05) is 31.2 Å². The maximum Gasteiger partial charge on any atom is 0.236 e. The number of benzene rings is 1. The number of ketones is 1. The Morgan fingerprint density at radius 3 is 2.54 bits per heavy atom. The lowest BCUT2D eigenvalue weighted by Crippen LogP contribution is -2.48. The maximum absolute atomic E-state index is 13.4. The van der Waals surface area contributed by atoms with Gasteiger partial charge in [-0.25, -0.2) is 8.42 Å². The molecule has 1 heterocycles. The van der Waals surface area contributed by atoms with Gasteiger partial charge < -0.3 is 0 Å². The number of hydrogen-bond acceptors (Lipinski definition) is 3. The van der Waals surface area contributed by atoms with Gasteiger partial charge in [0.15, 0.2) is 0 Å². The van der Waals surface area contributed by atoms with E-state index >= 15 is 0 Å². The fraction of sp³-hybridized carbons (Fsp3) is 0.632. The van der Waals surface area contributed by atoms with Crippen molar-refractivity contribution in [3.05, 3.63) is 29.8 Å². The summed E-state index contributed by atoms with van der Waals surface area (Å²) in [5.74, 6) is 0.456. The summed E-state index contributed by atoms with van der Waals surface area (Å²) in [6.45, 7) is 6.13. The van der Waals surface area contributed by atoms with Crippen LogP contribution in [-0.4, -0.2) is 26.0 Å². The molecule has 4 rings (SSSR count). The van der Waals surface area contributed by atoms with Crippen LogP contribution in [0.4, 0.5) is 5.69 Å². The van der Waals surface area contributed by atoms with Crippen molar-refractivity contribution in [2.45, 2.75) is 52.5 Å². The highest BCUT2D eigenvalue weighted by atomic mass is 32.2. The molecule has 1 aromatic carbocycles. The van der Waals surface area contributed by atoms with Crippen LogP contribution in [0.1, 0.15) is 45.6 Å². The normalized spacial score (nSPS) is 34.0. The van der Waals surface area contributed by atoms with Crippen molar-refractivity contribution >= 4 is 21.5 Å². The summed E-state index contributed by atoms with van der Waals surface area (Å²) in [5, 5.41) is 0. The van der Waals surface area contributed by atoms with E-state index in [2.05, 4.69) is 13.8 Å². The Labute approximate surface area is 144 Å². The molecule has 24 heavy (non-hydrogen) atoms. The molecule has 3 atom stereocenters. The monoisotopic (exact) mass is 347 g/mol. The van der Waals surface area contributed by atoms with E-state index in [1.165, 1.54) is 0 Å². The number of nitrogens with zero attached hydrogens (tertiary/aromatic N) is 1. The van der Waals surface area contributed by atoms with Gasteiger partial charge in [0.25, 0.3) is 0 Å². The third-order valence-corrected chi connectivity index (χ3v) is 9.03. The molecule has 2 fully saturated rings. The number of fused-ring (bicyclic) bond motifs is 3. The molecule has 0 N–H and O–H groups in total. The van der Waals surface area contributed by atoms with Crippen LogP contribution in [0, 0.1) is 16.7 Å². The first kappa shape index (κ1) is 16.1. The van der Waals surface area contributed by atoms with Gasteiger partial charge in [-0.3, -0.25) is 9.10 Å². The number of sulfonamides is 1. The van der Waals surface area contributed by atoms with E-state index in [0.717, 1.165) is 24.1 Å². The zero-order valence-corrected chi connectivity index (χ0v) is 15.4. The summed E-state index contributed by atoms with van der Waals surface area (Å²) >= 11 is 0. The number of para-hydroxylation sites is 1. The molecule has 2 aliphatic carbocycles. The van der Waals surface area contributed by atoms with E-state index in [1.54, 1.807) is 4.31 Å².